The Morgan fingerprint density at radius 3 is 0.944 bits per heavy atom. The third-order valence-corrected chi connectivity index (χ3v) is 5.75. The molecule has 0 aromatic heterocycles. The zero-order valence-electron chi connectivity index (χ0n) is 16.7. The van der Waals surface area contributed by atoms with Gasteiger partial charge in [0.05, 0.1) is 0 Å². The van der Waals surface area contributed by atoms with Crippen molar-refractivity contribution in [2.75, 3.05) is 0 Å². The normalized spacial score (nSPS) is 16.5. The van der Waals surface area contributed by atoms with Crippen molar-refractivity contribution in [1.82, 2.24) is 0 Å². The quantitative estimate of drug-likeness (QED) is 0.155. The minimum absolute atomic E-state index is 0.589. The molecule has 0 rings (SSSR count). The van der Waals surface area contributed by atoms with Gasteiger partial charge in [-0.25, -0.2) is 0 Å². The zero-order valence-corrected chi connectivity index (χ0v) is 17.7. The fourth-order valence-corrected chi connectivity index (χ4v) is 3.19. The third kappa shape index (κ3) is 5.20. The molecule has 0 heterocycles. The van der Waals surface area contributed by atoms with Gasteiger partial charge in [0.1, 0.15) is 0 Å². The molecule has 0 aliphatic heterocycles. The minimum Gasteiger partial charge on any atom is -0.327 e. The van der Waals surface area contributed by atoms with Crippen LogP contribution in [-0.2, 0) is 0 Å². The molecule has 0 aliphatic carbocycles. The Bertz CT molecular complexity index is 770. The Labute approximate surface area is 188 Å². The van der Waals surface area contributed by atoms with Crippen molar-refractivity contribution in [3.8, 4) is 0 Å². The first kappa shape index (κ1) is 34.8. The molecular weight excluding hydrogens is 587 g/mol. The van der Waals surface area contributed by atoms with Gasteiger partial charge in [-0.05, 0) is 12.5 Å². The number of alkyl halides is 19. The topological polar surface area (TPSA) is 78.1 Å². The van der Waals surface area contributed by atoms with Gasteiger partial charge in [-0.2, -0.15) is 83.4 Å². The molecule has 0 radical (unpaired) electrons. The number of halogens is 19. The predicted molar refractivity (Wildman–Crippen MR) is 82.6 cm³/mol. The molecule has 23 heteroatoms. The summed E-state index contributed by atoms with van der Waals surface area (Å²) in [5, 5.41) is 15.2. The van der Waals surface area contributed by atoms with Crippen LogP contribution >= 0.6 is 0 Å². The lowest BCUT2D eigenvalue weighted by Gasteiger charge is -2.43. The van der Waals surface area contributed by atoms with Crippen LogP contribution in [0.15, 0.2) is 0 Å². The highest BCUT2D eigenvalue weighted by molar-refractivity contribution is 6.70. The molecule has 0 aromatic carbocycles. The van der Waals surface area contributed by atoms with Gasteiger partial charge in [0.25, 0.3) is 8.56 Å². The van der Waals surface area contributed by atoms with Crippen LogP contribution in [0.3, 0.4) is 0 Å². The lowest BCUT2D eigenvalue weighted by Crippen LogP contribution is -2.75. The van der Waals surface area contributed by atoms with Crippen molar-refractivity contribution in [3.63, 3.8) is 0 Å². The lowest BCUT2D eigenvalue weighted by molar-refractivity contribution is -0.468. The Morgan fingerprint density at radius 1 is 0.389 bits per heavy atom. The summed E-state index contributed by atoms with van der Waals surface area (Å²) in [6, 6.07) is -0.589. The van der Waals surface area contributed by atoms with Crippen LogP contribution in [0.2, 0.25) is 6.04 Å². The highest BCUT2D eigenvalue weighted by Gasteiger charge is 2.96. The fourth-order valence-electron chi connectivity index (χ4n) is 2.33. The Morgan fingerprint density at radius 2 is 0.667 bits per heavy atom. The molecule has 0 aromatic rings. The van der Waals surface area contributed by atoms with Crippen molar-refractivity contribution < 1.29 is 83.4 Å². The molecule has 0 spiro atoms. The summed E-state index contributed by atoms with van der Waals surface area (Å²) in [6.45, 7) is 0. The van der Waals surface area contributed by atoms with Crippen molar-refractivity contribution in [3.05, 3.63) is 0 Å². The van der Waals surface area contributed by atoms with Crippen molar-refractivity contribution in [2.45, 2.75) is 78.9 Å². The number of hydrogen-bond donors (Lipinski definition) is 3. The van der Waals surface area contributed by atoms with Gasteiger partial charge in [-0.15, -0.1) is 0 Å². The smallest absolute Gasteiger partial charge is 0.327 e. The van der Waals surface area contributed by atoms with E-state index in [0.717, 1.165) is 0 Å². The van der Waals surface area contributed by atoms with E-state index in [9.17, 15) is 83.4 Å². The SMILES string of the molecule is N[Si](N)(N)CCCCC(F)(F)C(F)(F)C(F)(F)C(F)(F)C(F)(F)C(F)(F)C(F)(F)C(F)(F)C(F)(F)F. The first-order chi connectivity index (χ1) is 15.2. The number of unbranched alkanes of at least 4 members (excludes halogenated alkanes) is 1. The van der Waals surface area contributed by atoms with Gasteiger partial charge in [-0.3, -0.25) is 0 Å². The Kier molecular flexibility index (Phi) is 8.89. The molecule has 0 atom stereocenters. The molecule has 218 valence electrons. The second-order valence-corrected chi connectivity index (χ2v) is 10.3. The maximum atomic E-state index is 13.6. The van der Waals surface area contributed by atoms with E-state index in [2.05, 4.69) is 0 Å². The van der Waals surface area contributed by atoms with E-state index in [1.807, 2.05) is 0 Å². The van der Waals surface area contributed by atoms with Gasteiger partial charge in [0.2, 0.25) is 0 Å². The van der Waals surface area contributed by atoms with Crippen LogP contribution in [0, 0.1) is 0 Å². The summed E-state index contributed by atoms with van der Waals surface area (Å²) in [5.41, 5.74) is 0. The van der Waals surface area contributed by atoms with Gasteiger partial charge < -0.3 is 16.2 Å². The fraction of sp³-hybridized carbons (Fsp3) is 1.00. The molecule has 0 saturated heterocycles. The van der Waals surface area contributed by atoms with Crippen LogP contribution in [-0.4, -0.2) is 62.1 Å². The minimum atomic E-state index is -8.91. The average Bonchev–Trinajstić information content (AvgIpc) is 2.62. The van der Waals surface area contributed by atoms with Crippen molar-refractivity contribution in [2.24, 2.45) is 16.2 Å². The van der Waals surface area contributed by atoms with Crippen LogP contribution in [0.4, 0.5) is 83.4 Å². The molecule has 0 aliphatic rings. The highest BCUT2D eigenvalue weighted by Crippen LogP contribution is 2.65. The monoisotopic (exact) mass is 601 g/mol. The van der Waals surface area contributed by atoms with E-state index in [1.165, 1.54) is 0 Å². The molecule has 0 bridgehead atoms. The van der Waals surface area contributed by atoms with E-state index in [-0.39, 0.29) is 0 Å². The maximum absolute atomic E-state index is 13.6. The summed E-state index contributed by atoms with van der Waals surface area (Å²) < 4.78 is 250. The first-order valence-corrected chi connectivity index (χ1v) is 11.1. The summed E-state index contributed by atoms with van der Waals surface area (Å²) in [5.74, 6) is -66.4. The van der Waals surface area contributed by atoms with E-state index < -0.39 is 87.4 Å². The van der Waals surface area contributed by atoms with E-state index in [0.29, 0.717) is 0 Å². The van der Waals surface area contributed by atoms with Crippen LogP contribution in [0.25, 0.3) is 0 Å². The van der Waals surface area contributed by atoms with Gasteiger partial charge in [0.15, 0.2) is 0 Å². The largest absolute Gasteiger partial charge is 0.460 e. The molecule has 6 N–H and O–H groups in total. The maximum Gasteiger partial charge on any atom is 0.460 e. The molecular formula is C13H14F19N3Si. The Hall–Kier alpha value is -1.23. The number of rotatable bonds is 12. The Balaban J connectivity index is 6.50. The summed E-state index contributed by atoms with van der Waals surface area (Å²) in [7, 11) is -3.55. The molecule has 0 unspecified atom stereocenters. The second kappa shape index (κ2) is 9.20. The molecule has 0 amide bonds. The van der Waals surface area contributed by atoms with Crippen LogP contribution in [0.1, 0.15) is 19.3 Å². The summed E-state index contributed by atoms with van der Waals surface area (Å²) >= 11 is 0. The number of nitrogens with two attached hydrogens (primary N) is 3. The molecule has 0 fully saturated rings. The first-order valence-electron chi connectivity index (χ1n) is 8.66. The standard InChI is InChI=1S/C13H14F19N3Si/c14-5(15,3-1-2-4-36(33,34)35)6(16,17)7(18,19)8(20,21)9(22,23)10(24,25)11(26,27)12(28,29)13(30,31)32/h1-4,33-35H2. The lowest BCUT2D eigenvalue weighted by atomic mass is 9.86. The third-order valence-electron chi connectivity index (χ3n) is 4.53. The van der Waals surface area contributed by atoms with E-state index >= 15 is 0 Å². The summed E-state index contributed by atoms with van der Waals surface area (Å²) in [4.78, 5) is 0. The van der Waals surface area contributed by atoms with Crippen molar-refractivity contribution >= 4 is 8.56 Å². The summed E-state index contributed by atoms with van der Waals surface area (Å²) in [6.07, 6.45) is -12.6. The van der Waals surface area contributed by atoms with Crippen LogP contribution < -0.4 is 16.2 Å². The number of hydrogen-bond acceptors (Lipinski definition) is 3. The predicted octanol–water partition coefficient (Wildman–Crippen LogP) is 5.62. The second-order valence-electron chi connectivity index (χ2n) is 7.54. The van der Waals surface area contributed by atoms with Gasteiger partial charge >= 0.3 is 53.6 Å². The molecule has 3 nitrogen and oxygen atoms in total. The van der Waals surface area contributed by atoms with Crippen LogP contribution in [0.5, 0.6) is 0 Å². The van der Waals surface area contributed by atoms with E-state index in [4.69, 9.17) is 16.2 Å². The van der Waals surface area contributed by atoms with Crippen molar-refractivity contribution in [1.29, 1.82) is 0 Å². The van der Waals surface area contributed by atoms with E-state index in [1.54, 1.807) is 0 Å². The van der Waals surface area contributed by atoms with Gasteiger partial charge in [-0.1, -0.05) is 6.42 Å². The highest BCUT2D eigenvalue weighted by atomic mass is 28.4. The zero-order chi connectivity index (χ0) is 29.8. The average molecular weight is 601 g/mol. The molecule has 0 saturated carbocycles. The molecule has 36 heavy (non-hydrogen) atoms. The van der Waals surface area contributed by atoms with Gasteiger partial charge in [0, 0.05) is 6.42 Å².